The van der Waals surface area contributed by atoms with Crippen LogP contribution >= 0.6 is 0 Å². The number of carbonyl (C=O) groups excluding carboxylic acids is 2. The molecule has 8 nitrogen and oxygen atoms in total. The molecular weight excluding hydrogens is 435 g/mol. The van der Waals surface area contributed by atoms with Crippen LogP contribution in [0.1, 0.15) is 10.4 Å². The van der Waals surface area contributed by atoms with Crippen molar-refractivity contribution in [2.45, 2.75) is 0 Å². The van der Waals surface area contributed by atoms with E-state index in [1.807, 2.05) is 4.90 Å². The predicted molar refractivity (Wildman–Crippen MR) is 122 cm³/mol. The SMILES string of the molecule is CN(C)C(=O)c1ccc(N(CC(=O)N2CCN(c3ccccc3F)CC2)S(C)(=O)=O)cc1. The van der Waals surface area contributed by atoms with Crippen LogP contribution in [0.25, 0.3) is 0 Å². The van der Waals surface area contributed by atoms with Crippen LogP contribution in [0.4, 0.5) is 15.8 Å². The van der Waals surface area contributed by atoms with Gasteiger partial charge in [0.2, 0.25) is 15.9 Å². The maximum atomic E-state index is 14.0. The summed E-state index contributed by atoms with van der Waals surface area (Å²) in [7, 11) is -0.473. The average Bonchev–Trinajstić information content (AvgIpc) is 2.76. The highest BCUT2D eigenvalue weighted by atomic mass is 32.2. The molecule has 0 saturated carbocycles. The Hall–Kier alpha value is -3.14. The zero-order chi connectivity index (χ0) is 23.5. The molecule has 2 aromatic carbocycles. The van der Waals surface area contributed by atoms with Crippen LogP contribution in [0.5, 0.6) is 0 Å². The van der Waals surface area contributed by atoms with Crippen LogP contribution in [0.3, 0.4) is 0 Å². The molecule has 0 atom stereocenters. The Kier molecular flexibility index (Phi) is 7.02. The van der Waals surface area contributed by atoms with Gasteiger partial charge in [0.05, 0.1) is 17.6 Å². The fourth-order valence-electron chi connectivity index (χ4n) is 3.56. The van der Waals surface area contributed by atoms with Gasteiger partial charge in [-0.1, -0.05) is 12.1 Å². The molecule has 1 heterocycles. The second kappa shape index (κ2) is 9.56. The third-order valence-electron chi connectivity index (χ3n) is 5.31. The van der Waals surface area contributed by atoms with E-state index in [0.29, 0.717) is 43.1 Å². The Bertz CT molecular complexity index is 1080. The summed E-state index contributed by atoms with van der Waals surface area (Å²) in [6.45, 7) is 1.28. The van der Waals surface area contributed by atoms with Crippen molar-refractivity contribution < 1.29 is 22.4 Å². The van der Waals surface area contributed by atoms with E-state index in [0.717, 1.165) is 10.6 Å². The van der Waals surface area contributed by atoms with Crippen LogP contribution in [0.15, 0.2) is 48.5 Å². The lowest BCUT2D eigenvalue weighted by atomic mass is 10.2. The van der Waals surface area contributed by atoms with E-state index in [1.54, 1.807) is 37.2 Å². The van der Waals surface area contributed by atoms with Crippen molar-refractivity contribution >= 4 is 33.2 Å². The first-order valence-electron chi connectivity index (χ1n) is 10.1. The zero-order valence-corrected chi connectivity index (χ0v) is 19.2. The minimum atomic E-state index is -3.73. The van der Waals surface area contributed by atoms with Gasteiger partial charge in [0, 0.05) is 45.8 Å². The van der Waals surface area contributed by atoms with Gasteiger partial charge < -0.3 is 14.7 Å². The van der Waals surface area contributed by atoms with Crippen LogP contribution in [0, 0.1) is 5.82 Å². The normalized spacial score (nSPS) is 14.2. The van der Waals surface area contributed by atoms with Gasteiger partial charge in [-0.05, 0) is 36.4 Å². The molecule has 0 spiro atoms. The number of anilines is 2. The summed E-state index contributed by atoms with van der Waals surface area (Å²) >= 11 is 0. The summed E-state index contributed by atoms with van der Waals surface area (Å²) in [5.41, 5.74) is 1.22. The number of para-hydroxylation sites is 1. The van der Waals surface area contributed by atoms with Crippen molar-refractivity contribution in [3.05, 3.63) is 59.9 Å². The molecule has 1 aliphatic rings. The number of nitrogens with zero attached hydrogens (tertiary/aromatic N) is 4. The maximum absolute atomic E-state index is 14.0. The summed E-state index contributed by atoms with van der Waals surface area (Å²) in [6.07, 6.45) is 1.04. The third-order valence-corrected chi connectivity index (χ3v) is 6.45. The molecule has 1 fully saturated rings. The summed E-state index contributed by atoms with van der Waals surface area (Å²) in [5, 5.41) is 0. The molecular formula is C22H27FN4O4S. The van der Waals surface area contributed by atoms with Crippen molar-refractivity contribution in [1.29, 1.82) is 0 Å². The Morgan fingerprint density at radius 1 is 0.969 bits per heavy atom. The Labute approximate surface area is 187 Å². The fraction of sp³-hybridized carbons (Fsp3) is 0.364. The van der Waals surface area contributed by atoms with Gasteiger partial charge in [-0.15, -0.1) is 0 Å². The fourth-order valence-corrected chi connectivity index (χ4v) is 4.41. The van der Waals surface area contributed by atoms with E-state index in [2.05, 4.69) is 0 Å². The van der Waals surface area contributed by atoms with Gasteiger partial charge in [0.25, 0.3) is 5.91 Å². The first-order chi connectivity index (χ1) is 15.1. The van der Waals surface area contributed by atoms with Gasteiger partial charge in [0.15, 0.2) is 0 Å². The van der Waals surface area contributed by atoms with Crippen molar-refractivity contribution in [2.75, 3.05) is 62.3 Å². The third kappa shape index (κ3) is 5.37. The minimum Gasteiger partial charge on any atom is -0.366 e. The summed E-state index contributed by atoms with van der Waals surface area (Å²) < 4.78 is 39.8. The monoisotopic (exact) mass is 462 g/mol. The van der Waals surface area contributed by atoms with E-state index in [9.17, 15) is 22.4 Å². The van der Waals surface area contributed by atoms with Gasteiger partial charge in [-0.25, -0.2) is 12.8 Å². The largest absolute Gasteiger partial charge is 0.366 e. The van der Waals surface area contributed by atoms with Crippen LogP contribution < -0.4 is 9.21 Å². The Morgan fingerprint density at radius 3 is 2.09 bits per heavy atom. The molecule has 0 N–H and O–H groups in total. The van der Waals surface area contributed by atoms with Gasteiger partial charge in [0.1, 0.15) is 12.4 Å². The van der Waals surface area contributed by atoms with E-state index in [1.165, 1.54) is 35.2 Å². The van der Waals surface area contributed by atoms with Crippen molar-refractivity contribution in [2.24, 2.45) is 0 Å². The van der Waals surface area contributed by atoms with E-state index < -0.39 is 10.0 Å². The molecule has 1 saturated heterocycles. The molecule has 172 valence electrons. The highest BCUT2D eigenvalue weighted by molar-refractivity contribution is 7.92. The molecule has 32 heavy (non-hydrogen) atoms. The smallest absolute Gasteiger partial charge is 0.253 e. The topological polar surface area (TPSA) is 81.2 Å². The molecule has 0 unspecified atom stereocenters. The lowest BCUT2D eigenvalue weighted by Gasteiger charge is -2.37. The Balaban J connectivity index is 1.69. The lowest BCUT2D eigenvalue weighted by Crippen LogP contribution is -2.52. The number of rotatable bonds is 6. The zero-order valence-electron chi connectivity index (χ0n) is 18.4. The second-order valence-corrected chi connectivity index (χ2v) is 9.74. The van der Waals surface area contributed by atoms with Crippen molar-refractivity contribution in [3.8, 4) is 0 Å². The van der Waals surface area contributed by atoms with E-state index >= 15 is 0 Å². The first kappa shape index (κ1) is 23.5. The standard InChI is InChI=1S/C22H27FN4O4S/c1-24(2)22(29)17-8-10-18(11-9-17)27(32(3,30)31)16-21(28)26-14-12-25(13-15-26)20-7-5-4-6-19(20)23/h4-11H,12-16H2,1-3H3. The molecule has 0 bridgehead atoms. The number of sulfonamides is 1. The number of amides is 2. The molecule has 10 heteroatoms. The van der Waals surface area contributed by atoms with Crippen molar-refractivity contribution in [3.63, 3.8) is 0 Å². The Morgan fingerprint density at radius 2 is 1.56 bits per heavy atom. The highest BCUT2D eigenvalue weighted by Crippen LogP contribution is 2.22. The van der Waals surface area contributed by atoms with Crippen LogP contribution in [-0.4, -0.2) is 83.1 Å². The predicted octanol–water partition coefficient (Wildman–Crippen LogP) is 1.64. The number of hydrogen-bond acceptors (Lipinski definition) is 5. The van der Waals surface area contributed by atoms with E-state index in [4.69, 9.17) is 0 Å². The number of benzene rings is 2. The molecule has 0 radical (unpaired) electrons. The molecule has 3 rings (SSSR count). The molecule has 0 aromatic heterocycles. The average molecular weight is 463 g/mol. The second-order valence-electron chi connectivity index (χ2n) is 7.84. The maximum Gasteiger partial charge on any atom is 0.253 e. The van der Waals surface area contributed by atoms with E-state index in [-0.39, 0.29) is 24.2 Å². The van der Waals surface area contributed by atoms with Crippen LogP contribution in [-0.2, 0) is 14.8 Å². The summed E-state index contributed by atoms with van der Waals surface area (Å²) in [5.74, 6) is -0.852. The van der Waals surface area contributed by atoms with Crippen molar-refractivity contribution in [1.82, 2.24) is 9.80 Å². The van der Waals surface area contributed by atoms with Gasteiger partial charge in [-0.3, -0.25) is 13.9 Å². The first-order valence-corrected chi connectivity index (χ1v) is 12.0. The molecule has 0 aliphatic carbocycles. The summed E-state index contributed by atoms with van der Waals surface area (Å²) in [4.78, 5) is 29.8. The molecule has 2 amide bonds. The van der Waals surface area contributed by atoms with Gasteiger partial charge in [-0.2, -0.15) is 0 Å². The molecule has 1 aliphatic heterocycles. The molecule has 2 aromatic rings. The quantitative estimate of drug-likeness (QED) is 0.652. The number of carbonyl (C=O) groups is 2. The van der Waals surface area contributed by atoms with Crippen LogP contribution in [0.2, 0.25) is 0 Å². The number of piperazine rings is 1. The minimum absolute atomic E-state index is 0.203. The van der Waals surface area contributed by atoms with Gasteiger partial charge >= 0.3 is 0 Å². The lowest BCUT2D eigenvalue weighted by molar-refractivity contribution is -0.129. The summed E-state index contributed by atoms with van der Waals surface area (Å²) in [6, 6.07) is 12.6. The number of halogens is 1. The highest BCUT2D eigenvalue weighted by Gasteiger charge is 2.27. The number of hydrogen-bond donors (Lipinski definition) is 0.